The van der Waals surface area contributed by atoms with Gasteiger partial charge in [-0.3, -0.25) is 0 Å². The molecule has 2 aromatic rings. The molecule has 1 fully saturated rings. The number of hydrogen-bond donors (Lipinski definition) is 0. The van der Waals surface area contributed by atoms with Crippen molar-refractivity contribution in [3.05, 3.63) is 72.3 Å². The van der Waals surface area contributed by atoms with Gasteiger partial charge in [-0.15, -0.1) is 0 Å². The number of allylic oxidation sites excluding steroid dienone is 2. The molecular formula is C25H30FN5. The van der Waals surface area contributed by atoms with Crippen LogP contribution in [0.2, 0.25) is 0 Å². The predicted molar refractivity (Wildman–Crippen MR) is 125 cm³/mol. The van der Waals surface area contributed by atoms with Gasteiger partial charge in [0.15, 0.2) is 0 Å². The number of nitrogens with zero attached hydrogens (tertiary/aromatic N) is 5. The van der Waals surface area contributed by atoms with Crippen molar-refractivity contribution in [2.75, 3.05) is 37.5 Å². The highest BCUT2D eigenvalue weighted by atomic mass is 19.1. The molecule has 162 valence electrons. The first-order valence-corrected chi connectivity index (χ1v) is 10.5. The van der Waals surface area contributed by atoms with Crippen molar-refractivity contribution in [3.63, 3.8) is 0 Å². The van der Waals surface area contributed by atoms with Crippen LogP contribution in [-0.2, 0) is 0 Å². The highest BCUT2D eigenvalue weighted by Crippen LogP contribution is 2.34. The Morgan fingerprint density at radius 3 is 2.52 bits per heavy atom. The standard InChI is InChI=1S/C25H30FN5/c1-6-7-24(25-23(29(3)4)13-10-20(17-27)28-25)31-15-14-22(16-18(31)2)30(5)21-11-8-19(26)9-12-21/h6-13,18,22H,1,14-16H2,2-5H3/b24-7+. The molecule has 0 saturated carbocycles. The normalized spacial score (nSPS) is 19.0. The fourth-order valence-electron chi connectivity index (χ4n) is 4.23. The summed E-state index contributed by atoms with van der Waals surface area (Å²) in [7, 11) is 6.03. The number of rotatable bonds is 6. The first kappa shape index (κ1) is 22.4. The average Bonchev–Trinajstić information content (AvgIpc) is 2.77. The molecule has 0 bridgehead atoms. The van der Waals surface area contributed by atoms with Gasteiger partial charge in [-0.25, -0.2) is 9.37 Å². The fraction of sp³-hybridized carbons (Fsp3) is 0.360. The minimum Gasteiger partial charge on any atom is -0.376 e. The van der Waals surface area contributed by atoms with Crippen LogP contribution in [0.5, 0.6) is 0 Å². The molecule has 1 aromatic carbocycles. The molecule has 0 aliphatic carbocycles. The van der Waals surface area contributed by atoms with E-state index in [1.54, 1.807) is 12.1 Å². The Morgan fingerprint density at radius 2 is 1.94 bits per heavy atom. The Balaban J connectivity index is 1.87. The number of piperidine rings is 1. The predicted octanol–water partition coefficient (Wildman–Crippen LogP) is 4.67. The molecule has 0 radical (unpaired) electrons. The van der Waals surface area contributed by atoms with Crippen molar-refractivity contribution >= 4 is 17.1 Å². The zero-order valence-electron chi connectivity index (χ0n) is 18.7. The van der Waals surface area contributed by atoms with Crippen LogP contribution in [0.25, 0.3) is 5.70 Å². The van der Waals surface area contributed by atoms with Crippen LogP contribution in [0.3, 0.4) is 0 Å². The lowest BCUT2D eigenvalue weighted by molar-refractivity contribution is 0.220. The van der Waals surface area contributed by atoms with Crippen molar-refractivity contribution in [1.29, 1.82) is 5.26 Å². The van der Waals surface area contributed by atoms with Gasteiger partial charge in [0.1, 0.15) is 23.3 Å². The number of benzene rings is 1. The Kier molecular flexibility index (Phi) is 6.96. The molecule has 1 aliphatic rings. The number of aromatic nitrogens is 1. The molecule has 0 spiro atoms. The highest BCUT2D eigenvalue weighted by Gasteiger charge is 2.31. The van der Waals surface area contributed by atoms with Gasteiger partial charge in [0.25, 0.3) is 0 Å². The summed E-state index contributed by atoms with van der Waals surface area (Å²) in [4.78, 5) is 11.3. The summed E-state index contributed by atoms with van der Waals surface area (Å²) in [5.74, 6) is -0.219. The number of anilines is 2. The van der Waals surface area contributed by atoms with E-state index in [-0.39, 0.29) is 11.9 Å². The quantitative estimate of drug-likeness (QED) is 0.637. The number of likely N-dealkylation sites (tertiary alicyclic amines) is 1. The summed E-state index contributed by atoms with van der Waals surface area (Å²) in [5.41, 5.74) is 4.15. The highest BCUT2D eigenvalue weighted by molar-refractivity contribution is 5.74. The van der Waals surface area contributed by atoms with E-state index < -0.39 is 0 Å². The Morgan fingerprint density at radius 1 is 1.23 bits per heavy atom. The lowest BCUT2D eigenvalue weighted by Crippen LogP contribution is -2.47. The molecule has 0 amide bonds. The summed E-state index contributed by atoms with van der Waals surface area (Å²) in [5, 5.41) is 9.38. The van der Waals surface area contributed by atoms with Gasteiger partial charge in [0.05, 0.1) is 11.4 Å². The van der Waals surface area contributed by atoms with Crippen molar-refractivity contribution in [2.45, 2.75) is 31.8 Å². The van der Waals surface area contributed by atoms with Crippen molar-refractivity contribution in [1.82, 2.24) is 9.88 Å². The summed E-state index contributed by atoms with van der Waals surface area (Å²) < 4.78 is 13.3. The minimum absolute atomic E-state index is 0.219. The van der Waals surface area contributed by atoms with E-state index in [9.17, 15) is 9.65 Å². The topological polar surface area (TPSA) is 46.4 Å². The maximum absolute atomic E-state index is 13.3. The van der Waals surface area contributed by atoms with Gasteiger partial charge >= 0.3 is 0 Å². The van der Waals surface area contributed by atoms with Crippen molar-refractivity contribution in [3.8, 4) is 6.07 Å². The third-order valence-electron chi connectivity index (χ3n) is 5.93. The second kappa shape index (κ2) is 9.65. The Bertz CT molecular complexity index is 990. The zero-order chi connectivity index (χ0) is 22.5. The largest absolute Gasteiger partial charge is 0.376 e. The van der Waals surface area contributed by atoms with Gasteiger partial charge in [-0.2, -0.15) is 5.26 Å². The van der Waals surface area contributed by atoms with Crippen molar-refractivity contribution < 1.29 is 4.39 Å². The van der Waals surface area contributed by atoms with Gasteiger partial charge < -0.3 is 14.7 Å². The molecule has 1 aliphatic heterocycles. The fourth-order valence-corrected chi connectivity index (χ4v) is 4.23. The SMILES string of the molecule is C=C/C=C(\c1nc(C#N)ccc1N(C)C)N1CCC(N(C)c2ccc(F)cc2)CC1C. The smallest absolute Gasteiger partial charge is 0.141 e. The molecule has 6 heteroatoms. The molecule has 5 nitrogen and oxygen atoms in total. The van der Waals surface area contributed by atoms with Crippen LogP contribution in [0.1, 0.15) is 31.2 Å². The number of halogens is 1. The van der Waals surface area contributed by atoms with Crippen LogP contribution in [0.15, 0.2) is 55.1 Å². The molecule has 2 heterocycles. The van der Waals surface area contributed by atoms with E-state index >= 15 is 0 Å². The van der Waals surface area contributed by atoms with Crippen molar-refractivity contribution in [2.24, 2.45) is 0 Å². The van der Waals surface area contributed by atoms with E-state index in [2.05, 4.69) is 41.4 Å². The van der Waals surface area contributed by atoms with E-state index in [0.29, 0.717) is 11.7 Å². The number of hydrogen-bond acceptors (Lipinski definition) is 5. The van der Waals surface area contributed by atoms with Gasteiger partial charge in [0.2, 0.25) is 0 Å². The lowest BCUT2D eigenvalue weighted by Gasteiger charge is -2.44. The summed E-state index contributed by atoms with van der Waals surface area (Å²) in [6.07, 6.45) is 5.68. The van der Waals surface area contributed by atoms with Crippen LogP contribution in [0, 0.1) is 17.1 Å². The zero-order valence-corrected chi connectivity index (χ0v) is 18.7. The van der Waals surface area contributed by atoms with E-state index in [1.807, 2.05) is 43.3 Å². The second-order valence-electron chi connectivity index (χ2n) is 8.17. The van der Waals surface area contributed by atoms with E-state index in [0.717, 1.165) is 42.2 Å². The molecule has 2 atom stereocenters. The second-order valence-corrected chi connectivity index (χ2v) is 8.17. The molecule has 3 rings (SSSR count). The molecule has 0 N–H and O–H groups in total. The summed E-state index contributed by atoms with van der Waals surface area (Å²) in [6.45, 7) is 6.97. The van der Waals surface area contributed by atoms with Gasteiger partial charge in [0, 0.05) is 45.5 Å². The maximum Gasteiger partial charge on any atom is 0.141 e. The van der Waals surface area contributed by atoms with E-state index in [1.165, 1.54) is 12.1 Å². The van der Waals surface area contributed by atoms with E-state index in [4.69, 9.17) is 0 Å². The van der Waals surface area contributed by atoms with Crippen LogP contribution < -0.4 is 9.80 Å². The molecule has 1 saturated heterocycles. The molecule has 2 unspecified atom stereocenters. The van der Waals surface area contributed by atoms with Crippen LogP contribution in [0.4, 0.5) is 15.8 Å². The molecule has 31 heavy (non-hydrogen) atoms. The lowest BCUT2D eigenvalue weighted by atomic mass is 9.95. The molecular weight excluding hydrogens is 389 g/mol. The third kappa shape index (κ3) is 4.88. The number of nitriles is 1. The molecule has 1 aromatic heterocycles. The monoisotopic (exact) mass is 419 g/mol. The average molecular weight is 420 g/mol. The van der Waals surface area contributed by atoms with Gasteiger partial charge in [-0.1, -0.05) is 12.7 Å². The first-order valence-electron chi connectivity index (χ1n) is 10.5. The summed E-state index contributed by atoms with van der Waals surface area (Å²) >= 11 is 0. The van der Waals surface area contributed by atoms with Gasteiger partial charge in [-0.05, 0) is 62.2 Å². The minimum atomic E-state index is -0.219. The Labute approximate surface area is 184 Å². The maximum atomic E-state index is 13.3. The third-order valence-corrected chi connectivity index (χ3v) is 5.93. The summed E-state index contributed by atoms with van der Waals surface area (Å²) in [6, 6.07) is 13.1. The first-order chi connectivity index (χ1) is 14.8. The van der Waals surface area contributed by atoms with Crippen LogP contribution >= 0.6 is 0 Å². The van der Waals surface area contributed by atoms with Crippen LogP contribution in [-0.4, -0.2) is 49.7 Å². The Hall–Kier alpha value is -3.33. The number of pyridine rings is 1.